The molecule has 0 saturated heterocycles. The Morgan fingerprint density at radius 2 is 1.86 bits per heavy atom. The number of benzene rings is 1. The van der Waals surface area contributed by atoms with E-state index in [2.05, 4.69) is 23.5 Å². The molecule has 1 aromatic rings. The summed E-state index contributed by atoms with van der Waals surface area (Å²) in [6.07, 6.45) is 3.90. The number of fused-ring (bicyclic) bond motifs is 1. The van der Waals surface area contributed by atoms with Gasteiger partial charge in [0.2, 0.25) is 0 Å². The van der Waals surface area contributed by atoms with Crippen LogP contribution in [-0.4, -0.2) is 18.0 Å². The summed E-state index contributed by atoms with van der Waals surface area (Å²) in [5, 5.41) is 2.87. The molecule has 0 fully saturated rings. The van der Waals surface area contributed by atoms with Gasteiger partial charge < -0.3 is 11.1 Å². The van der Waals surface area contributed by atoms with E-state index in [0.29, 0.717) is 0 Å². The van der Waals surface area contributed by atoms with Crippen LogP contribution in [0.5, 0.6) is 0 Å². The maximum Gasteiger partial charge on any atom is 0.336 e. The second-order valence-corrected chi connectivity index (χ2v) is 5.69. The molecular weight excluding hydrogens is 282 g/mol. The van der Waals surface area contributed by atoms with Crippen LogP contribution in [0.4, 0.5) is 4.79 Å². The number of rotatable bonds is 5. The fourth-order valence-corrected chi connectivity index (χ4v) is 2.64. The first-order chi connectivity index (χ1) is 10.5. The maximum atomic E-state index is 12.0. The van der Waals surface area contributed by atoms with E-state index < -0.39 is 12.1 Å². The number of nitrogens with two attached hydrogens (primary N) is 1. The van der Waals surface area contributed by atoms with E-state index in [-0.39, 0.29) is 11.9 Å². The highest BCUT2D eigenvalue weighted by Gasteiger charge is 2.18. The summed E-state index contributed by atoms with van der Waals surface area (Å²) in [5.41, 5.74) is 10.7. The minimum atomic E-state index is -0.831. The van der Waals surface area contributed by atoms with Crippen LogP contribution in [0.1, 0.15) is 49.4 Å². The van der Waals surface area contributed by atoms with Crippen molar-refractivity contribution in [2.24, 2.45) is 5.73 Å². The monoisotopic (exact) mass is 305 g/mol. The van der Waals surface area contributed by atoms with Crippen molar-refractivity contribution in [3.8, 4) is 0 Å². The van der Waals surface area contributed by atoms with Gasteiger partial charge in [-0.15, -0.1) is 0 Å². The van der Waals surface area contributed by atoms with E-state index in [1.54, 1.807) is 6.92 Å². The quantitative estimate of drug-likeness (QED) is 0.723. The highest BCUT2D eigenvalue weighted by molar-refractivity contribution is 5.81. The molecule has 2 rings (SSSR count). The van der Waals surface area contributed by atoms with E-state index in [1.807, 2.05) is 12.4 Å². The molecule has 3 amide bonds. The van der Waals surface area contributed by atoms with Crippen molar-refractivity contribution in [1.29, 1.82) is 0 Å². The number of hydrogen-bond acceptors (Lipinski definition) is 3. The lowest BCUT2D eigenvalue weighted by Crippen LogP contribution is -2.41. The van der Waals surface area contributed by atoms with Gasteiger partial charge in [-0.1, -0.05) is 18.2 Å². The van der Waals surface area contributed by atoms with Gasteiger partial charge in [0.15, 0.2) is 6.10 Å². The van der Waals surface area contributed by atoms with Crippen LogP contribution in [0.15, 0.2) is 18.2 Å². The van der Waals surface area contributed by atoms with Crippen molar-refractivity contribution in [2.45, 2.75) is 51.7 Å². The third kappa shape index (κ3) is 4.21. The van der Waals surface area contributed by atoms with Crippen molar-refractivity contribution in [1.82, 2.24) is 10.8 Å². The summed E-state index contributed by atoms with van der Waals surface area (Å²) in [6, 6.07) is 5.43. The van der Waals surface area contributed by atoms with Crippen molar-refractivity contribution in [3.63, 3.8) is 0 Å². The maximum absolute atomic E-state index is 12.0. The Balaban J connectivity index is 1.95. The summed E-state index contributed by atoms with van der Waals surface area (Å²) in [5.74, 6) is -0.307. The second-order valence-electron chi connectivity index (χ2n) is 5.69. The van der Waals surface area contributed by atoms with E-state index in [0.717, 1.165) is 18.4 Å². The van der Waals surface area contributed by atoms with Crippen molar-refractivity contribution < 1.29 is 14.4 Å². The summed E-state index contributed by atoms with van der Waals surface area (Å²) >= 11 is 0. The second kappa shape index (κ2) is 7.26. The minimum absolute atomic E-state index is 0.126. The number of aryl methyl sites for hydroxylation is 2. The number of carbonyl (C=O) groups is 2. The number of nitrogens with one attached hydrogen (secondary N) is 2. The SMILES string of the molecule is CC(ONC(N)=O)C(=O)NC(C)c1ccc2c(c1)CCCC2. The Labute approximate surface area is 130 Å². The number of carbonyl (C=O) groups excluding carboxylic acids is 2. The molecule has 1 aliphatic carbocycles. The summed E-state index contributed by atoms with van der Waals surface area (Å²) < 4.78 is 0. The van der Waals surface area contributed by atoms with Crippen LogP contribution in [0.3, 0.4) is 0 Å². The largest absolute Gasteiger partial charge is 0.350 e. The van der Waals surface area contributed by atoms with E-state index >= 15 is 0 Å². The number of hydroxylamine groups is 1. The first-order valence-electron chi connectivity index (χ1n) is 7.60. The molecule has 120 valence electrons. The number of urea groups is 1. The first-order valence-corrected chi connectivity index (χ1v) is 7.60. The van der Waals surface area contributed by atoms with Crippen LogP contribution in [0.2, 0.25) is 0 Å². The molecule has 0 saturated carbocycles. The lowest BCUT2D eigenvalue weighted by molar-refractivity contribution is -0.135. The van der Waals surface area contributed by atoms with Crippen molar-refractivity contribution in [2.75, 3.05) is 0 Å². The molecule has 6 heteroatoms. The highest BCUT2D eigenvalue weighted by atomic mass is 16.7. The zero-order valence-electron chi connectivity index (χ0n) is 13.0. The van der Waals surface area contributed by atoms with Gasteiger partial charge in [-0.25, -0.2) is 10.3 Å². The summed E-state index contributed by atoms with van der Waals surface area (Å²) in [6.45, 7) is 3.47. The molecule has 6 nitrogen and oxygen atoms in total. The van der Waals surface area contributed by atoms with Gasteiger partial charge in [0.25, 0.3) is 5.91 Å². The Bertz CT molecular complexity index is 560. The average Bonchev–Trinajstić information content (AvgIpc) is 2.51. The third-order valence-electron chi connectivity index (χ3n) is 3.94. The van der Waals surface area contributed by atoms with Crippen LogP contribution < -0.4 is 16.5 Å². The molecule has 0 aromatic heterocycles. The number of primary amides is 1. The van der Waals surface area contributed by atoms with Gasteiger partial charge in [-0.05, 0) is 56.2 Å². The topological polar surface area (TPSA) is 93.4 Å². The normalized spacial score (nSPS) is 16.3. The summed E-state index contributed by atoms with van der Waals surface area (Å²) in [4.78, 5) is 27.4. The summed E-state index contributed by atoms with van der Waals surface area (Å²) in [7, 11) is 0. The third-order valence-corrected chi connectivity index (χ3v) is 3.94. The van der Waals surface area contributed by atoms with Crippen molar-refractivity contribution >= 4 is 11.9 Å². The molecule has 22 heavy (non-hydrogen) atoms. The van der Waals surface area contributed by atoms with Gasteiger partial charge in [0.1, 0.15) is 0 Å². The molecule has 0 radical (unpaired) electrons. The van der Waals surface area contributed by atoms with Crippen LogP contribution in [0, 0.1) is 0 Å². The van der Waals surface area contributed by atoms with Crippen LogP contribution >= 0.6 is 0 Å². The van der Waals surface area contributed by atoms with Gasteiger partial charge in [0.05, 0.1) is 6.04 Å². The molecule has 2 atom stereocenters. The highest BCUT2D eigenvalue weighted by Crippen LogP contribution is 2.24. The molecule has 0 spiro atoms. The minimum Gasteiger partial charge on any atom is -0.350 e. The fraction of sp³-hybridized carbons (Fsp3) is 0.500. The Morgan fingerprint density at radius 1 is 1.18 bits per heavy atom. The zero-order valence-corrected chi connectivity index (χ0v) is 13.0. The molecule has 0 heterocycles. The van der Waals surface area contributed by atoms with Gasteiger partial charge in [-0.3, -0.25) is 9.63 Å². The Kier molecular flexibility index (Phi) is 5.38. The number of amides is 3. The number of hydrogen-bond donors (Lipinski definition) is 3. The first kappa shape index (κ1) is 16.3. The fourth-order valence-electron chi connectivity index (χ4n) is 2.64. The molecule has 1 aliphatic rings. The van der Waals surface area contributed by atoms with E-state index in [1.165, 1.54) is 24.0 Å². The lowest BCUT2D eigenvalue weighted by Gasteiger charge is -2.21. The molecule has 2 unspecified atom stereocenters. The molecule has 0 bridgehead atoms. The average molecular weight is 305 g/mol. The van der Waals surface area contributed by atoms with Crippen LogP contribution in [-0.2, 0) is 22.5 Å². The van der Waals surface area contributed by atoms with E-state index in [9.17, 15) is 9.59 Å². The predicted molar refractivity (Wildman–Crippen MR) is 82.9 cm³/mol. The zero-order chi connectivity index (χ0) is 16.1. The standard InChI is InChI=1S/C16H23N3O3/c1-10(18-15(20)11(2)22-19-16(17)21)13-8-7-12-5-3-4-6-14(12)9-13/h7-11H,3-6H2,1-2H3,(H,18,20)(H3,17,19,21). The van der Waals surface area contributed by atoms with Crippen LogP contribution in [0.25, 0.3) is 0 Å². The Hall–Kier alpha value is -2.08. The molecule has 4 N–H and O–H groups in total. The lowest BCUT2D eigenvalue weighted by atomic mass is 9.89. The predicted octanol–water partition coefficient (Wildman–Crippen LogP) is 1.73. The smallest absolute Gasteiger partial charge is 0.336 e. The molecule has 0 aliphatic heterocycles. The molecular formula is C16H23N3O3. The van der Waals surface area contributed by atoms with E-state index in [4.69, 9.17) is 10.6 Å². The van der Waals surface area contributed by atoms with Crippen molar-refractivity contribution in [3.05, 3.63) is 34.9 Å². The molecule has 1 aromatic carbocycles. The van der Waals surface area contributed by atoms with Gasteiger partial charge in [0, 0.05) is 0 Å². The van der Waals surface area contributed by atoms with Gasteiger partial charge in [-0.2, -0.15) is 0 Å². The Morgan fingerprint density at radius 3 is 2.55 bits per heavy atom. The van der Waals surface area contributed by atoms with Gasteiger partial charge >= 0.3 is 6.03 Å².